The third kappa shape index (κ3) is 3.39. The van der Waals surface area contributed by atoms with E-state index in [-0.39, 0.29) is 18.3 Å². The molecule has 4 nitrogen and oxygen atoms in total. The summed E-state index contributed by atoms with van der Waals surface area (Å²) < 4.78 is 15.2. The quantitative estimate of drug-likeness (QED) is 0.245. The summed E-state index contributed by atoms with van der Waals surface area (Å²) in [6.45, 7) is 10.5. The van der Waals surface area contributed by atoms with Crippen molar-refractivity contribution in [3.05, 3.63) is 89.7 Å². The fourth-order valence-corrected chi connectivity index (χ4v) is 6.75. The van der Waals surface area contributed by atoms with Gasteiger partial charge >= 0.3 is 7.12 Å². The van der Waals surface area contributed by atoms with Crippen LogP contribution in [-0.4, -0.2) is 27.9 Å². The third-order valence-electron chi connectivity index (χ3n) is 8.24. The van der Waals surface area contributed by atoms with Crippen molar-refractivity contribution in [3.63, 3.8) is 0 Å². The summed E-state index contributed by atoms with van der Waals surface area (Å²) in [5, 5.41) is 2.35. The van der Waals surface area contributed by atoms with Gasteiger partial charge in [-0.15, -0.1) is 11.3 Å². The van der Waals surface area contributed by atoms with Crippen molar-refractivity contribution >= 4 is 34.8 Å². The van der Waals surface area contributed by atoms with Gasteiger partial charge in [0.25, 0.3) is 0 Å². The Labute approximate surface area is 222 Å². The zero-order valence-electron chi connectivity index (χ0n) is 21.8. The minimum Gasteiger partial charge on any atom is -0.399 e. The molecule has 37 heavy (non-hydrogen) atoms. The molecule has 1 fully saturated rings. The van der Waals surface area contributed by atoms with Crippen molar-refractivity contribution in [2.45, 2.75) is 52.2 Å². The minimum absolute atomic E-state index is 0.356. The molecule has 0 unspecified atom stereocenters. The molecule has 2 aliphatic rings. The Morgan fingerprint density at radius 2 is 1.59 bits per heavy atom. The van der Waals surface area contributed by atoms with Crippen LogP contribution in [0.1, 0.15) is 44.6 Å². The number of nitrogens with zero attached hydrogens (tertiary/aromatic N) is 2. The maximum Gasteiger partial charge on any atom is 0.494 e. The van der Waals surface area contributed by atoms with Crippen LogP contribution in [0, 0.1) is 6.92 Å². The van der Waals surface area contributed by atoms with E-state index in [1.807, 2.05) is 6.07 Å². The van der Waals surface area contributed by atoms with Gasteiger partial charge in [0.15, 0.2) is 0 Å². The van der Waals surface area contributed by atoms with Crippen molar-refractivity contribution in [2.24, 2.45) is 0 Å². The lowest BCUT2D eigenvalue weighted by Crippen LogP contribution is -2.41. The molecule has 6 heteroatoms. The zero-order valence-corrected chi connectivity index (χ0v) is 22.6. The molecule has 184 valence electrons. The van der Waals surface area contributed by atoms with Gasteiger partial charge in [0.05, 0.1) is 27.3 Å². The largest absolute Gasteiger partial charge is 0.494 e. The van der Waals surface area contributed by atoms with Gasteiger partial charge in [-0.2, -0.15) is 0 Å². The summed E-state index contributed by atoms with van der Waals surface area (Å²) in [7, 11) is -0.358. The fourth-order valence-electron chi connectivity index (χ4n) is 5.59. The Morgan fingerprint density at radius 1 is 0.892 bits per heavy atom. The van der Waals surface area contributed by atoms with Crippen molar-refractivity contribution in [2.75, 3.05) is 0 Å². The van der Waals surface area contributed by atoms with E-state index in [2.05, 4.69) is 106 Å². The Balaban J connectivity index is 1.35. The first-order chi connectivity index (χ1) is 17.7. The van der Waals surface area contributed by atoms with Crippen LogP contribution < -0.4 is 5.46 Å². The Kier molecular flexibility index (Phi) is 4.91. The highest BCUT2D eigenvalue weighted by atomic mass is 32.1. The highest BCUT2D eigenvalue weighted by molar-refractivity contribution is 7.18. The average Bonchev–Trinajstić information content (AvgIpc) is 3.58. The van der Waals surface area contributed by atoms with Crippen molar-refractivity contribution < 1.29 is 9.31 Å². The lowest BCUT2D eigenvalue weighted by molar-refractivity contribution is 0.00578. The first kappa shape index (κ1) is 23.0. The molecule has 0 amide bonds. The van der Waals surface area contributed by atoms with Crippen LogP contribution in [0.2, 0.25) is 0 Å². The van der Waals surface area contributed by atoms with E-state index >= 15 is 0 Å². The maximum atomic E-state index is 6.36. The second kappa shape index (κ2) is 7.91. The van der Waals surface area contributed by atoms with E-state index in [9.17, 15) is 0 Å². The summed E-state index contributed by atoms with van der Waals surface area (Å²) in [6.07, 6.45) is 0.866. The molecule has 2 aliphatic heterocycles. The molecule has 0 bridgehead atoms. The predicted octanol–water partition coefficient (Wildman–Crippen LogP) is 6.93. The van der Waals surface area contributed by atoms with Gasteiger partial charge in [0.2, 0.25) is 0 Å². The first-order valence-corrected chi connectivity index (χ1v) is 13.7. The number of para-hydroxylation sites is 1. The van der Waals surface area contributed by atoms with Crippen molar-refractivity contribution in [1.29, 1.82) is 0 Å². The van der Waals surface area contributed by atoms with Crippen LogP contribution >= 0.6 is 11.3 Å². The van der Waals surface area contributed by atoms with Gasteiger partial charge in [-0.05, 0) is 57.8 Å². The molecule has 0 atom stereocenters. The highest BCUT2D eigenvalue weighted by Gasteiger charge is 2.51. The number of thiazole rings is 1. The van der Waals surface area contributed by atoms with Crippen molar-refractivity contribution in [3.8, 4) is 26.7 Å². The molecule has 0 aliphatic carbocycles. The van der Waals surface area contributed by atoms with Crippen LogP contribution in [0.25, 0.3) is 37.6 Å². The number of hydrogen-bond acceptors (Lipinski definition) is 4. The molecule has 7 rings (SSSR count). The topological polar surface area (TPSA) is 36.3 Å². The van der Waals surface area contributed by atoms with Gasteiger partial charge < -0.3 is 13.9 Å². The number of fused-ring (bicyclic) bond motifs is 5. The van der Waals surface area contributed by atoms with Crippen molar-refractivity contribution in [1.82, 2.24) is 9.55 Å². The standard InChI is InChI=1S/C31H29BN2O2S/c1-19-28(37-29(33-19)20-11-7-6-8-12-20)27-23-13-9-10-14-25(23)34-24-16-15-22(17-21(24)18-26(27)34)32-35-30(2,3)31(4,5)36-32/h6-17H,18H2,1-5H3. The normalized spacial score (nSPS) is 17.4. The Morgan fingerprint density at radius 3 is 2.35 bits per heavy atom. The van der Waals surface area contributed by atoms with Gasteiger partial charge in [-0.25, -0.2) is 4.98 Å². The minimum atomic E-state index is -0.358. The highest BCUT2D eigenvalue weighted by Crippen LogP contribution is 2.46. The van der Waals surface area contributed by atoms with E-state index in [4.69, 9.17) is 14.3 Å². The SMILES string of the molecule is Cc1nc(-c2ccccc2)sc1-c1c2n(c3ccccc13)-c1ccc(B3OC(C)(C)C(C)(C)O3)cc1C2. The van der Waals surface area contributed by atoms with Gasteiger partial charge in [0.1, 0.15) is 5.01 Å². The summed E-state index contributed by atoms with van der Waals surface area (Å²) in [5.41, 5.74) is 9.03. The van der Waals surface area contributed by atoms with E-state index in [0.29, 0.717) is 0 Å². The maximum absolute atomic E-state index is 6.36. The molecule has 0 spiro atoms. The second-order valence-electron chi connectivity index (χ2n) is 11.1. The molecule has 0 radical (unpaired) electrons. The van der Waals surface area contributed by atoms with Gasteiger partial charge in [-0.3, -0.25) is 0 Å². The fraction of sp³-hybridized carbons (Fsp3) is 0.258. The van der Waals surface area contributed by atoms with E-state index in [1.54, 1.807) is 11.3 Å². The molecule has 5 aromatic rings. The van der Waals surface area contributed by atoms with E-state index < -0.39 is 0 Å². The summed E-state index contributed by atoms with van der Waals surface area (Å²) >= 11 is 1.79. The molecule has 0 N–H and O–H groups in total. The molecular weight excluding hydrogens is 475 g/mol. The number of rotatable bonds is 3. The monoisotopic (exact) mass is 504 g/mol. The number of hydrogen-bond donors (Lipinski definition) is 0. The van der Waals surface area contributed by atoms with Crippen LogP contribution in [-0.2, 0) is 15.7 Å². The molecule has 0 saturated carbocycles. The molecule has 3 aromatic carbocycles. The molecular formula is C31H29BN2O2S. The van der Waals surface area contributed by atoms with Crippen LogP contribution in [0.15, 0.2) is 72.8 Å². The molecule has 4 heterocycles. The van der Waals surface area contributed by atoms with Crippen LogP contribution in [0.3, 0.4) is 0 Å². The summed E-state index contributed by atoms with van der Waals surface area (Å²) in [5.74, 6) is 0. The Hall–Kier alpha value is -3.19. The Bertz CT molecular complexity index is 1670. The third-order valence-corrected chi connectivity index (χ3v) is 9.47. The van der Waals surface area contributed by atoms with Gasteiger partial charge in [-0.1, -0.05) is 60.7 Å². The predicted molar refractivity (Wildman–Crippen MR) is 153 cm³/mol. The van der Waals surface area contributed by atoms with E-state index in [1.165, 1.54) is 38.3 Å². The zero-order chi connectivity index (χ0) is 25.5. The lowest BCUT2D eigenvalue weighted by Gasteiger charge is -2.32. The average molecular weight is 504 g/mol. The summed E-state index contributed by atoms with van der Waals surface area (Å²) in [6, 6.07) is 25.9. The first-order valence-electron chi connectivity index (χ1n) is 12.9. The number of benzene rings is 3. The second-order valence-corrected chi connectivity index (χ2v) is 12.1. The molecule has 1 saturated heterocycles. The van der Waals surface area contributed by atoms with Crippen LogP contribution in [0.4, 0.5) is 0 Å². The van der Waals surface area contributed by atoms with Crippen LogP contribution in [0.5, 0.6) is 0 Å². The lowest BCUT2D eigenvalue weighted by atomic mass is 9.78. The smallest absolute Gasteiger partial charge is 0.399 e. The molecule has 2 aromatic heterocycles. The van der Waals surface area contributed by atoms with Gasteiger partial charge in [0, 0.05) is 34.3 Å². The number of aromatic nitrogens is 2. The van der Waals surface area contributed by atoms with E-state index in [0.717, 1.165) is 28.1 Å². The number of aryl methyl sites for hydroxylation is 1. The summed E-state index contributed by atoms with van der Waals surface area (Å²) in [4.78, 5) is 6.24.